The van der Waals surface area contributed by atoms with Crippen LogP contribution in [0.2, 0.25) is 0 Å². The molecule has 2 saturated heterocycles. The Labute approximate surface area is 117 Å². The van der Waals surface area contributed by atoms with Crippen LogP contribution in [0.15, 0.2) is 0 Å². The van der Waals surface area contributed by atoms with Crippen molar-refractivity contribution in [2.45, 2.75) is 64.1 Å². The zero-order valence-electron chi connectivity index (χ0n) is 12.9. The van der Waals surface area contributed by atoms with Crippen molar-refractivity contribution in [3.05, 3.63) is 0 Å². The van der Waals surface area contributed by atoms with E-state index in [0.29, 0.717) is 24.4 Å². The Balaban J connectivity index is 1.80. The van der Waals surface area contributed by atoms with E-state index in [9.17, 15) is 4.79 Å². The van der Waals surface area contributed by atoms with Crippen molar-refractivity contribution in [1.29, 1.82) is 0 Å². The standard InChI is InChI=1S/C15H29N3O/c1-15(2,3)16-9-7-14(19)18-10-8-12-5-6-13(11-18)17(12)4/h12-13,16H,5-11H2,1-4H3. The number of hydrogen-bond donors (Lipinski definition) is 1. The lowest BCUT2D eigenvalue weighted by Gasteiger charge is -2.27. The van der Waals surface area contributed by atoms with Crippen LogP contribution in [0.3, 0.4) is 0 Å². The molecule has 0 aromatic carbocycles. The third kappa shape index (κ3) is 3.93. The van der Waals surface area contributed by atoms with Crippen LogP contribution in [-0.4, -0.2) is 60.0 Å². The number of carbonyl (C=O) groups excluding carboxylic acids is 1. The van der Waals surface area contributed by atoms with Crippen LogP contribution in [0, 0.1) is 0 Å². The highest BCUT2D eigenvalue weighted by Gasteiger charge is 2.35. The number of likely N-dealkylation sites (tertiary alicyclic amines) is 1. The molecule has 0 aliphatic carbocycles. The molecule has 2 atom stereocenters. The molecule has 4 nitrogen and oxygen atoms in total. The van der Waals surface area contributed by atoms with E-state index in [1.54, 1.807) is 0 Å². The van der Waals surface area contributed by atoms with Crippen molar-refractivity contribution < 1.29 is 4.79 Å². The van der Waals surface area contributed by atoms with Crippen molar-refractivity contribution in [2.24, 2.45) is 0 Å². The third-order valence-electron chi connectivity index (χ3n) is 4.50. The highest BCUT2D eigenvalue weighted by Crippen LogP contribution is 2.28. The van der Waals surface area contributed by atoms with Gasteiger partial charge in [0.1, 0.15) is 0 Å². The molecule has 2 bridgehead atoms. The van der Waals surface area contributed by atoms with Crippen molar-refractivity contribution in [3.8, 4) is 0 Å². The van der Waals surface area contributed by atoms with Crippen LogP contribution in [0.4, 0.5) is 0 Å². The largest absolute Gasteiger partial charge is 0.341 e. The van der Waals surface area contributed by atoms with Gasteiger partial charge in [0.25, 0.3) is 0 Å². The van der Waals surface area contributed by atoms with Crippen molar-refractivity contribution >= 4 is 5.91 Å². The molecule has 0 saturated carbocycles. The van der Waals surface area contributed by atoms with Gasteiger partial charge in [-0.25, -0.2) is 0 Å². The van der Waals surface area contributed by atoms with E-state index in [1.807, 2.05) is 0 Å². The highest BCUT2D eigenvalue weighted by molar-refractivity contribution is 5.76. The Morgan fingerprint density at radius 1 is 1.21 bits per heavy atom. The molecule has 1 amide bonds. The fourth-order valence-corrected chi connectivity index (χ4v) is 3.24. The minimum absolute atomic E-state index is 0.0956. The average Bonchev–Trinajstić information content (AvgIpc) is 2.50. The maximum atomic E-state index is 12.3. The van der Waals surface area contributed by atoms with Gasteiger partial charge in [-0.05, 0) is 47.1 Å². The van der Waals surface area contributed by atoms with Crippen molar-refractivity contribution in [1.82, 2.24) is 15.1 Å². The summed E-state index contributed by atoms with van der Waals surface area (Å²) in [5, 5.41) is 3.39. The van der Waals surface area contributed by atoms with Gasteiger partial charge in [-0.1, -0.05) is 0 Å². The van der Waals surface area contributed by atoms with E-state index < -0.39 is 0 Å². The van der Waals surface area contributed by atoms with Crippen LogP contribution in [0.5, 0.6) is 0 Å². The van der Waals surface area contributed by atoms with Gasteiger partial charge >= 0.3 is 0 Å². The second kappa shape index (κ2) is 5.80. The van der Waals surface area contributed by atoms with E-state index in [4.69, 9.17) is 0 Å². The number of hydrogen-bond acceptors (Lipinski definition) is 3. The zero-order chi connectivity index (χ0) is 14.0. The molecule has 19 heavy (non-hydrogen) atoms. The summed E-state index contributed by atoms with van der Waals surface area (Å²) in [6, 6.07) is 1.29. The Hall–Kier alpha value is -0.610. The van der Waals surface area contributed by atoms with Crippen LogP contribution in [0.1, 0.15) is 46.5 Å². The number of nitrogens with one attached hydrogen (secondary N) is 1. The molecule has 0 aromatic heterocycles. The summed E-state index contributed by atoms with van der Waals surface area (Å²) >= 11 is 0. The van der Waals surface area contributed by atoms with Gasteiger partial charge in [-0.2, -0.15) is 0 Å². The lowest BCUT2D eigenvalue weighted by Crippen LogP contribution is -2.42. The monoisotopic (exact) mass is 267 g/mol. The Morgan fingerprint density at radius 3 is 2.58 bits per heavy atom. The summed E-state index contributed by atoms with van der Waals surface area (Å²) in [6.07, 6.45) is 4.34. The molecule has 2 aliphatic rings. The maximum Gasteiger partial charge on any atom is 0.223 e. The topological polar surface area (TPSA) is 35.6 Å². The van der Waals surface area contributed by atoms with Crippen molar-refractivity contribution in [2.75, 3.05) is 26.7 Å². The molecule has 110 valence electrons. The molecule has 1 N–H and O–H groups in total. The summed E-state index contributed by atoms with van der Waals surface area (Å²) in [7, 11) is 2.22. The molecular weight excluding hydrogens is 238 g/mol. The van der Waals surface area contributed by atoms with Gasteiger partial charge in [0.15, 0.2) is 0 Å². The SMILES string of the molecule is CN1C2CCC1CN(C(=O)CCNC(C)(C)C)CC2. The molecule has 0 aromatic rings. The van der Waals surface area contributed by atoms with E-state index in [2.05, 4.69) is 42.9 Å². The summed E-state index contributed by atoms with van der Waals surface area (Å²) in [5.41, 5.74) is 0.0956. The third-order valence-corrected chi connectivity index (χ3v) is 4.50. The minimum atomic E-state index is 0.0956. The normalized spacial score (nSPS) is 28.5. The molecule has 0 spiro atoms. The average molecular weight is 267 g/mol. The molecule has 2 unspecified atom stereocenters. The van der Waals surface area contributed by atoms with E-state index in [1.165, 1.54) is 12.8 Å². The maximum absolute atomic E-state index is 12.3. The second-order valence-corrected chi connectivity index (χ2v) is 7.11. The first-order valence-electron chi connectivity index (χ1n) is 7.61. The van der Waals surface area contributed by atoms with Gasteiger partial charge in [0, 0.05) is 43.7 Å². The number of amides is 1. The van der Waals surface area contributed by atoms with Gasteiger partial charge in [-0.3, -0.25) is 9.69 Å². The van der Waals surface area contributed by atoms with Gasteiger partial charge in [0.05, 0.1) is 0 Å². The molecule has 2 fully saturated rings. The molecule has 2 rings (SSSR count). The van der Waals surface area contributed by atoms with Crippen LogP contribution in [0.25, 0.3) is 0 Å². The summed E-state index contributed by atoms with van der Waals surface area (Å²) in [4.78, 5) is 16.9. The van der Waals surface area contributed by atoms with Gasteiger partial charge in [-0.15, -0.1) is 0 Å². The number of fused-ring (bicyclic) bond motifs is 2. The molecule has 2 heterocycles. The molecular formula is C15H29N3O. The van der Waals surface area contributed by atoms with Crippen molar-refractivity contribution in [3.63, 3.8) is 0 Å². The summed E-state index contributed by atoms with van der Waals surface area (Å²) in [5.74, 6) is 0.317. The molecule has 4 heteroatoms. The van der Waals surface area contributed by atoms with Gasteiger partial charge < -0.3 is 10.2 Å². The number of nitrogens with zero attached hydrogens (tertiary/aromatic N) is 2. The predicted octanol–water partition coefficient (Wildman–Crippen LogP) is 1.46. The Morgan fingerprint density at radius 2 is 1.89 bits per heavy atom. The lowest BCUT2D eigenvalue weighted by atomic mass is 10.1. The van der Waals surface area contributed by atoms with E-state index in [-0.39, 0.29) is 5.54 Å². The smallest absolute Gasteiger partial charge is 0.223 e. The number of rotatable bonds is 3. The second-order valence-electron chi connectivity index (χ2n) is 7.11. The Bertz CT molecular complexity index is 324. The first kappa shape index (κ1) is 14.8. The van der Waals surface area contributed by atoms with Gasteiger partial charge in [0.2, 0.25) is 5.91 Å². The number of carbonyl (C=O) groups is 1. The molecule has 0 radical (unpaired) electrons. The lowest BCUT2D eigenvalue weighted by molar-refractivity contribution is -0.131. The zero-order valence-corrected chi connectivity index (χ0v) is 12.9. The first-order chi connectivity index (χ1) is 8.87. The summed E-state index contributed by atoms with van der Waals surface area (Å²) in [6.45, 7) is 9.07. The van der Waals surface area contributed by atoms with E-state index in [0.717, 1.165) is 26.1 Å². The fourth-order valence-electron chi connectivity index (χ4n) is 3.24. The quantitative estimate of drug-likeness (QED) is 0.841. The van der Waals surface area contributed by atoms with Crippen LogP contribution < -0.4 is 5.32 Å². The van der Waals surface area contributed by atoms with E-state index >= 15 is 0 Å². The predicted molar refractivity (Wildman–Crippen MR) is 78.1 cm³/mol. The molecule has 2 aliphatic heterocycles. The minimum Gasteiger partial charge on any atom is -0.341 e. The number of likely N-dealkylation sites (N-methyl/N-ethyl adjacent to an activating group) is 1. The fraction of sp³-hybridized carbons (Fsp3) is 0.933. The van der Waals surface area contributed by atoms with Crippen LogP contribution >= 0.6 is 0 Å². The Kier molecular flexibility index (Phi) is 4.51. The summed E-state index contributed by atoms with van der Waals surface area (Å²) < 4.78 is 0. The highest BCUT2D eigenvalue weighted by atomic mass is 16.2. The first-order valence-corrected chi connectivity index (χ1v) is 7.61. The van der Waals surface area contributed by atoms with Crippen LogP contribution in [-0.2, 0) is 4.79 Å².